The third-order valence-corrected chi connectivity index (χ3v) is 2.92. The van der Waals surface area contributed by atoms with E-state index in [9.17, 15) is 4.79 Å². The molecule has 15 heavy (non-hydrogen) atoms. The van der Waals surface area contributed by atoms with E-state index in [1.807, 2.05) is 0 Å². The van der Waals surface area contributed by atoms with Gasteiger partial charge in [-0.15, -0.1) is 11.3 Å². The summed E-state index contributed by atoms with van der Waals surface area (Å²) in [7, 11) is 0. The SMILES string of the molecule is O=C(O)c1cc(Cl)ccc1-c1nccs1. The number of hydrogen-bond acceptors (Lipinski definition) is 3. The van der Waals surface area contributed by atoms with Crippen LogP contribution in [0.4, 0.5) is 0 Å². The van der Waals surface area contributed by atoms with Crippen LogP contribution in [0.5, 0.6) is 0 Å². The molecule has 0 aliphatic heterocycles. The first-order valence-electron chi connectivity index (χ1n) is 4.11. The van der Waals surface area contributed by atoms with Gasteiger partial charge in [-0.1, -0.05) is 11.6 Å². The number of carbonyl (C=O) groups is 1. The first-order valence-corrected chi connectivity index (χ1v) is 5.37. The number of carboxylic acid groups (broad SMARTS) is 1. The molecule has 0 spiro atoms. The molecule has 2 rings (SSSR count). The van der Waals surface area contributed by atoms with E-state index in [-0.39, 0.29) is 5.56 Å². The van der Waals surface area contributed by atoms with E-state index < -0.39 is 5.97 Å². The van der Waals surface area contributed by atoms with Gasteiger partial charge in [0.1, 0.15) is 5.01 Å². The van der Waals surface area contributed by atoms with Gasteiger partial charge in [0.2, 0.25) is 0 Å². The Kier molecular flexibility index (Phi) is 2.70. The molecule has 0 amide bonds. The highest BCUT2D eigenvalue weighted by Gasteiger charge is 2.13. The molecule has 2 aromatic rings. The third kappa shape index (κ3) is 2.00. The Balaban J connectivity index is 2.61. The Morgan fingerprint density at radius 3 is 2.87 bits per heavy atom. The summed E-state index contributed by atoms with van der Waals surface area (Å²) < 4.78 is 0. The normalized spacial score (nSPS) is 10.2. The maximum absolute atomic E-state index is 11.0. The molecule has 0 fully saturated rings. The summed E-state index contributed by atoms with van der Waals surface area (Å²) in [6.45, 7) is 0. The lowest BCUT2D eigenvalue weighted by molar-refractivity contribution is 0.0697. The maximum Gasteiger partial charge on any atom is 0.336 e. The summed E-state index contributed by atoms with van der Waals surface area (Å²) in [5.74, 6) is -0.997. The van der Waals surface area contributed by atoms with Crippen molar-refractivity contribution in [1.82, 2.24) is 4.98 Å². The van der Waals surface area contributed by atoms with E-state index in [1.165, 1.54) is 17.4 Å². The zero-order valence-electron chi connectivity index (χ0n) is 7.48. The van der Waals surface area contributed by atoms with Crippen LogP contribution >= 0.6 is 22.9 Å². The van der Waals surface area contributed by atoms with E-state index in [1.54, 1.807) is 23.7 Å². The number of aromatic nitrogens is 1. The van der Waals surface area contributed by atoms with Crippen molar-refractivity contribution in [1.29, 1.82) is 0 Å². The average Bonchev–Trinajstić information content (AvgIpc) is 2.70. The van der Waals surface area contributed by atoms with Gasteiger partial charge in [0.05, 0.1) is 5.56 Å². The molecule has 1 aromatic carbocycles. The topological polar surface area (TPSA) is 50.2 Å². The van der Waals surface area contributed by atoms with Gasteiger partial charge in [-0.05, 0) is 18.2 Å². The van der Waals surface area contributed by atoms with Crippen LogP contribution in [0, 0.1) is 0 Å². The second-order valence-electron chi connectivity index (χ2n) is 2.83. The van der Waals surface area contributed by atoms with Gasteiger partial charge in [0.25, 0.3) is 0 Å². The number of hydrogen-bond donors (Lipinski definition) is 1. The van der Waals surface area contributed by atoms with Gasteiger partial charge in [-0.3, -0.25) is 0 Å². The van der Waals surface area contributed by atoms with E-state index >= 15 is 0 Å². The van der Waals surface area contributed by atoms with E-state index in [2.05, 4.69) is 4.98 Å². The van der Waals surface area contributed by atoms with Gasteiger partial charge in [0, 0.05) is 22.2 Å². The molecule has 0 atom stereocenters. The lowest BCUT2D eigenvalue weighted by Gasteiger charge is -2.02. The van der Waals surface area contributed by atoms with Crippen LogP contribution in [-0.4, -0.2) is 16.1 Å². The molecule has 3 nitrogen and oxygen atoms in total. The molecule has 0 saturated carbocycles. The predicted molar refractivity (Wildman–Crippen MR) is 59.5 cm³/mol. The smallest absolute Gasteiger partial charge is 0.336 e. The van der Waals surface area contributed by atoms with Crippen molar-refractivity contribution in [3.63, 3.8) is 0 Å². The molecule has 1 aromatic heterocycles. The van der Waals surface area contributed by atoms with Crippen molar-refractivity contribution in [3.05, 3.63) is 40.4 Å². The van der Waals surface area contributed by atoms with Crippen LogP contribution in [0.2, 0.25) is 5.02 Å². The summed E-state index contributed by atoms with van der Waals surface area (Å²) in [4.78, 5) is 15.1. The number of halogens is 1. The summed E-state index contributed by atoms with van der Waals surface area (Å²) in [5.41, 5.74) is 0.777. The summed E-state index contributed by atoms with van der Waals surface area (Å²) in [5, 5.41) is 11.9. The maximum atomic E-state index is 11.0. The van der Waals surface area contributed by atoms with Gasteiger partial charge in [-0.25, -0.2) is 9.78 Å². The fourth-order valence-corrected chi connectivity index (χ4v) is 2.09. The molecule has 0 bridgehead atoms. The monoisotopic (exact) mass is 239 g/mol. The zero-order chi connectivity index (χ0) is 10.8. The molecule has 1 N–H and O–H groups in total. The Bertz CT molecular complexity index is 496. The van der Waals surface area contributed by atoms with E-state index in [0.29, 0.717) is 15.6 Å². The molecule has 0 radical (unpaired) electrons. The van der Waals surface area contributed by atoms with E-state index in [4.69, 9.17) is 16.7 Å². The molecular formula is C10H6ClNO2S. The van der Waals surface area contributed by atoms with Crippen molar-refractivity contribution < 1.29 is 9.90 Å². The van der Waals surface area contributed by atoms with Gasteiger partial charge in [-0.2, -0.15) is 0 Å². The minimum atomic E-state index is -0.997. The number of thiazole rings is 1. The van der Waals surface area contributed by atoms with Crippen molar-refractivity contribution in [2.24, 2.45) is 0 Å². The minimum Gasteiger partial charge on any atom is -0.478 e. The fraction of sp³-hybridized carbons (Fsp3) is 0. The standard InChI is InChI=1S/C10H6ClNO2S/c11-6-1-2-7(8(5-6)10(13)14)9-12-3-4-15-9/h1-5H,(H,13,14). The molecule has 1 heterocycles. The van der Waals surface area contributed by atoms with Crippen LogP contribution in [0.15, 0.2) is 29.8 Å². The number of benzene rings is 1. The molecule has 0 unspecified atom stereocenters. The Labute approximate surface area is 95.0 Å². The van der Waals surface area contributed by atoms with E-state index in [0.717, 1.165) is 0 Å². The van der Waals surface area contributed by atoms with Crippen LogP contribution < -0.4 is 0 Å². The predicted octanol–water partition coefficient (Wildman–Crippen LogP) is 3.16. The van der Waals surface area contributed by atoms with Crippen molar-refractivity contribution in [3.8, 4) is 10.6 Å². The summed E-state index contributed by atoms with van der Waals surface area (Å²) >= 11 is 7.14. The van der Waals surface area contributed by atoms with Crippen molar-refractivity contribution in [2.45, 2.75) is 0 Å². The Morgan fingerprint density at radius 1 is 1.47 bits per heavy atom. The summed E-state index contributed by atoms with van der Waals surface area (Å²) in [6.07, 6.45) is 1.64. The lowest BCUT2D eigenvalue weighted by atomic mass is 10.1. The first-order chi connectivity index (χ1) is 7.18. The number of carboxylic acids is 1. The largest absolute Gasteiger partial charge is 0.478 e. The highest BCUT2D eigenvalue weighted by atomic mass is 35.5. The minimum absolute atomic E-state index is 0.178. The molecule has 0 saturated heterocycles. The summed E-state index contributed by atoms with van der Waals surface area (Å²) in [6, 6.07) is 4.76. The van der Waals surface area contributed by atoms with Crippen molar-refractivity contribution in [2.75, 3.05) is 0 Å². The molecule has 0 aliphatic carbocycles. The second-order valence-corrected chi connectivity index (χ2v) is 4.16. The highest BCUT2D eigenvalue weighted by Crippen LogP contribution is 2.27. The van der Waals surface area contributed by atoms with Gasteiger partial charge >= 0.3 is 5.97 Å². The van der Waals surface area contributed by atoms with Crippen LogP contribution in [0.1, 0.15) is 10.4 Å². The van der Waals surface area contributed by atoms with Crippen LogP contribution in [0.25, 0.3) is 10.6 Å². The number of aromatic carboxylic acids is 1. The fourth-order valence-electron chi connectivity index (χ4n) is 1.24. The Morgan fingerprint density at radius 2 is 2.27 bits per heavy atom. The molecule has 5 heteroatoms. The first kappa shape index (κ1) is 10.1. The van der Waals surface area contributed by atoms with Crippen molar-refractivity contribution >= 4 is 28.9 Å². The highest BCUT2D eigenvalue weighted by molar-refractivity contribution is 7.13. The van der Waals surface area contributed by atoms with Gasteiger partial charge in [0.15, 0.2) is 0 Å². The molecule has 0 aliphatic rings. The lowest BCUT2D eigenvalue weighted by Crippen LogP contribution is -1.99. The van der Waals surface area contributed by atoms with Crippen LogP contribution in [0.3, 0.4) is 0 Å². The molecule has 76 valence electrons. The number of nitrogens with zero attached hydrogens (tertiary/aromatic N) is 1. The second kappa shape index (κ2) is 4.00. The number of rotatable bonds is 2. The Hall–Kier alpha value is -1.39. The third-order valence-electron chi connectivity index (χ3n) is 1.87. The van der Waals surface area contributed by atoms with Crippen LogP contribution in [-0.2, 0) is 0 Å². The quantitative estimate of drug-likeness (QED) is 0.876. The average molecular weight is 240 g/mol. The zero-order valence-corrected chi connectivity index (χ0v) is 9.05. The molecular weight excluding hydrogens is 234 g/mol. The van der Waals surface area contributed by atoms with Gasteiger partial charge < -0.3 is 5.11 Å².